The third-order valence-corrected chi connectivity index (χ3v) is 5.83. The zero-order chi connectivity index (χ0) is 24.6. The van der Waals surface area contributed by atoms with Gasteiger partial charge >= 0.3 is 5.92 Å². The number of piperidine rings is 1. The molecular weight excluding hydrogens is 455 g/mol. The minimum Gasteiger partial charge on any atom is -0.496 e. The molecule has 1 atom stereocenters. The van der Waals surface area contributed by atoms with Gasteiger partial charge in [-0.25, -0.2) is 4.39 Å². The number of rotatable bonds is 6. The molecule has 4 amide bonds. The first-order chi connectivity index (χ1) is 16.1. The number of ether oxygens (including phenoxy) is 1. The molecule has 0 spiro atoms. The van der Waals surface area contributed by atoms with E-state index in [1.807, 2.05) is 0 Å². The van der Waals surface area contributed by atoms with Crippen LogP contribution in [0.5, 0.6) is 5.75 Å². The molecule has 4 rings (SSSR count). The first-order valence-corrected chi connectivity index (χ1v) is 10.4. The standard InChI is InChI=1S/C23H20F3N3O5/c1-34-18-6-3-14(24)9-16(18)23(25,26)22(33)27-10-12-2-4-15-13(8-12)11-29(21(15)32)17-5-7-19(30)28-20(17)31/h2-4,6,8-9,17H,5,7,10-11H2,1H3,(H,27,33)(H,28,30,31). The summed E-state index contributed by atoms with van der Waals surface area (Å²) in [6, 6.07) is 6.31. The van der Waals surface area contributed by atoms with Crippen LogP contribution in [0.15, 0.2) is 36.4 Å². The fourth-order valence-electron chi connectivity index (χ4n) is 4.08. The van der Waals surface area contributed by atoms with Crippen molar-refractivity contribution < 1.29 is 37.1 Å². The van der Waals surface area contributed by atoms with Gasteiger partial charge in [0.05, 0.1) is 12.7 Å². The van der Waals surface area contributed by atoms with Gasteiger partial charge in [-0.2, -0.15) is 8.78 Å². The molecule has 1 unspecified atom stereocenters. The van der Waals surface area contributed by atoms with Crippen LogP contribution in [0.3, 0.4) is 0 Å². The number of hydrogen-bond donors (Lipinski definition) is 2. The number of carbonyl (C=O) groups is 4. The SMILES string of the molecule is COc1ccc(F)cc1C(F)(F)C(=O)NCc1ccc2c(c1)CN(C1CCC(=O)NC1=O)C2=O. The van der Waals surface area contributed by atoms with Crippen LogP contribution in [0, 0.1) is 5.82 Å². The Balaban J connectivity index is 1.46. The van der Waals surface area contributed by atoms with Gasteiger partial charge in [-0.1, -0.05) is 12.1 Å². The molecule has 178 valence electrons. The Hall–Kier alpha value is -3.89. The summed E-state index contributed by atoms with van der Waals surface area (Å²) in [5.41, 5.74) is 0.480. The normalized spacial score (nSPS) is 17.9. The molecule has 2 aliphatic rings. The van der Waals surface area contributed by atoms with Gasteiger partial charge < -0.3 is 15.0 Å². The lowest BCUT2D eigenvalue weighted by atomic mass is 10.0. The monoisotopic (exact) mass is 475 g/mol. The van der Waals surface area contributed by atoms with Crippen LogP contribution in [0.4, 0.5) is 13.2 Å². The largest absolute Gasteiger partial charge is 0.496 e. The molecule has 2 aliphatic heterocycles. The Bertz CT molecular complexity index is 1200. The van der Waals surface area contributed by atoms with E-state index < -0.39 is 41.1 Å². The molecule has 34 heavy (non-hydrogen) atoms. The first kappa shape index (κ1) is 23.3. The van der Waals surface area contributed by atoms with Gasteiger partial charge in [0.1, 0.15) is 17.6 Å². The van der Waals surface area contributed by atoms with Crippen LogP contribution < -0.4 is 15.4 Å². The number of amides is 4. The lowest BCUT2D eigenvalue weighted by molar-refractivity contribution is -0.147. The first-order valence-electron chi connectivity index (χ1n) is 10.4. The predicted molar refractivity (Wildman–Crippen MR) is 111 cm³/mol. The second-order valence-corrected chi connectivity index (χ2v) is 7.99. The van der Waals surface area contributed by atoms with Gasteiger partial charge in [0.25, 0.3) is 11.8 Å². The van der Waals surface area contributed by atoms with E-state index in [1.165, 1.54) is 17.0 Å². The van der Waals surface area contributed by atoms with E-state index in [0.29, 0.717) is 22.8 Å². The molecule has 1 fully saturated rings. The highest BCUT2D eigenvalue weighted by Crippen LogP contribution is 2.36. The molecule has 2 heterocycles. The minimum absolute atomic E-state index is 0.110. The summed E-state index contributed by atoms with van der Waals surface area (Å²) < 4.78 is 47.7. The van der Waals surface area contributed by atoms with Gasteiger partial charge in [-0.05, 0) is 41.8 Å². The fourth-order valence-corrected chi connectivity index (χ4v) is 4.08. The molecule has 0 aromatic heterocycles. The fraction of sp³-hybridized carbons (Fsp3) is 0.304. The van der Waals surface area contributed by atoms with E-state index >= 15 is 0 Å². The van der Waals surface area contributed by atoms with Gasteiger partial charge in [-0.3, -0.25) is 24.5 Å². The number of imide groups is 1. The minimum atomic E-state index is -4.05. The molecule has 11 heteroatoms. The van der Waals surface area contributed by atoms with Crippen molar-refractivity contribution in [3.63, 3.8) is 0 Å². The molecule has 8 nitrogen and oxygen atoms in total. The van der Waals surface area contributed by atoms with Crippen LogP contribution in [-0.2, 0) is 33.4 Å². The van der Waals surface area contributed by atoms with Crippen molar-refractivity contribution in [2.45, 2.75) is 37.9 Å². The zero-order valence-corrected chi connectivity index (χ0v) is 18.0. The van der Waals surface area contributed by atoms with Crippen molar-refractivity contribution in [1.82, 2.24) is 15.5 Å². The number of fused-ring (bicyclic) bond motifs is 1. The third-order valence-electron chi connectivity index (χ3n) is 5.83. The van der Waals surface area contributed by atoms with Gasteiger partial charge in [0.15, 0.2) is 0 Å². The highest BCUT2D eigenvalue weighted by molar-refractivity contribution is 6.05. The van der Waals surface area contributed by atoms with Crippen LogP contribution in [-0.4, -0.2) is 41.7 Å². The maximum absolute atomic E-state index is 14.7. The second kappa shape index (κ2) is 8.81. The molecule has 2 aromatic carbocycles. The predicted octanol–water partition coefficient (Wildman–Crippen LogP) is 2.00. The van der Waals surface area contributed by atoms with Crippen molar-refractivity contribution in [3.8, 4) is 5.75 Å². The summed E-state index contributed by atoms with van der Waals surface area (Å²) in [4.78, 5) is 49.8. The Morgan fingerprint density at radius 3 is 2.68 bits per heavy atom. The van der Waals surface area contributed by atoms with Crippen molar-refractivity contribution >= 4 is 23.6 Å². The van der Waals surface area contributed by atoms with Gasteiger partial charge in [-0.15, -0.1) is 0 Å². The summed E-state index contributed by atoms with van der Waals surface area (Å²) in [6.07, 6.45) is 0.337. The van der Waals surface area contributed by atoms with E-state index in [9.17, 15) is 32.3 Å². The number of carbonyl (C=O) groups excluding carboxylic acids is 4. The Labute approximate surface area is 192 Å². The van der Waals surface area contributed by atoms with Crippen molar-refractivity contribution in [2.24, 2.45) is 0 Å². The topological polar surface area (TPSA) is 105 Å². The number of benzene rings is 2. The Morgan fingerprint density at radius 1 is 1.21 bits per heavy atom. The number of hydrogen-bond acceptors (Lipinski definition) is 5. The lowest BCUT2D eigenvalue weighted by Crippen LogP contribution is -2.52. The highest BCUT2D eigenvalue weighted by Gasteiger charge is 2.44. The van der Waals surface area contributed by atoms with E-state index in [0.717, 1.165) is 19.2 Å². The number of alkyl halides is 2. The summed E-state index contributed by atoms with van der Waals surface area (Å²) in [7, 11) is 1.13. The Kier molecular flexibility index (Phi) is 6.03. The lowest BCUT2D eigenvalue weighted by Gasteiger charge is -2.29. The van der Waals surface area contributed by atoms with Crippen LogP contribution >= 0.6 is 0 Å². The third kappa shape index (κ3) is 4.20. The second-order valence-electron chi connectivity index (χ2n) is 7.99. The smallest absolute Gasteiger partial charge is 0.353 e. The van der Waals surface area contributed by atoms with Crippen LogP contribution in [0.25, 0.3) is 0 Å². The molecule has 0 saturated carbocycles. The quantitative estimate of drug-likeness (QED) is 0.622. The van der Waals surface area contributed by atoms with E-state index in [1.54, 1.807) is 6.07 Å². The maximum Gasteiger partial charge on any atom is 0.353 e. The molecule has 2 N–H and O–H groups in total. The molecule has 0 bridgehead atoms. The molecule has 1 saturated heterocycles. The van der Waals surface area contributed by atoms with Crippen LogP contribution in [0.1, 0.15) is 39.9 Å². The van der Waals surface area contributed by atoms with Crippen molar-refractivity contribution in [1.29, 1.82) is 0 Å². The molecule has 0 aliphatic carbocycles. The van der Waals surface area contributed by atoms with Crippen LogP contribution in [0.2, 0.25) is 0 Å². The van der Waals surface area contributed by atoms with E-state index in [-0.39, 0.29) is 37.6 Å². The summed E-state index contributed by atoms with van der Waals surface area (Å²) in [5, 5.41) is 4.34. The van der Waals surface area contributed by atoms with E-state index in [2.05, 4.69) is 10.6 Å². The number of nitrogens with one attached hydrogen (secondary N) is 2. The van der Waals surface area contributed by atoms with Gasteiger partial charge in [0.2, 0.25) is 11.8 Å². The maximum atomic E-state index is 14.7. The summed E-state index contributed by atoms with van der Waals surface area (Å²) >= 11 is 0. The number of nitrogens with zero attached hydrogens (tertiary/aromatic N) is 1. The summed E-state index contributed by atoms with van der Waals surface area (Å²) in [6.45, 7) is -0.162. The highest BCUT2D eigenvalue weighted by atomic mass is 19.3. The molecular formula is C23H20F3N3O5. The summed E-state index contributed by atoms with van der Waals surface area (Å²) in [5.74, 6) is -8.26. The molecule has 2 aromatic rings. The zero-order valence-electron chi connectivity index (χ0n) is 18.0. The van der Waals surface area contributed by atoms with Gasteiger partial charge in [0, 0.05) is 25.1 Å². The molecule has 0 radical (unpaired) electrons. The average Bonchev–Trinajstić information content (AvgIpc) is 3.12. The van der Waals surface area contributed by atoms with Crippen molar-refractivity contribution in [3.05, 3.63) is 64.5 Å². The Morgan fingerprint density at radius 2 is 1.97 bits per heavy atom. The van der Waals surface area contributed by atoms with Crippen molar-refractivity contribution in [2.75, 3.05) is 7.11 Å². The average molecular weight is 475 g/mol. The number of halogens is 3. The number of methoxy groups -OCH3 is 1. The van der Waals surface area contributed by atoms with E-state index in [4.69, 9.17) is 4.74 Å².